The van der Waals surface area contributed by atoms with Gasteiger partial charge in [0.05, 0.1) is 6.54 Å². The van der Waals surface area contributed by atoms with Gasteiger partial charge in [0, 0.05) is 30.6 Å². The Balaban J connectivity index is 1.63. The molecule has 8 heteroatoms. The molecule has 1 aliphatic heterocycles. The van der Waals surface area contributed by atoms with Crippen molar-refractivity contribution >= 4 is 17.3 Å². The second-order valence-electron chi connectivity index (χ2n) is 6.12. The Morgan fingerprint density at radius 2 is 2.16 bits per heavy atom. The van der Waals surface area contributed by atoms with Crippen LogP contribution >= 0.6 is 11.3 Å². The van der Waals surface area contributed by atoms with Gasteiger partial charge in [-0.05, 0) is 26.2 Å². The average molecular weight is 362 g/mol. The lowest BCUT2D eigenvalue weighted by atomic mass is 10.2. The number of aryl methyl sites for hydroxylation is 2. The summed E-state index contributed by atoms with van der Waals surface area (Å²) < 4.78 is 2.24. The molecule has 0 atom stereocenters. The van der Waals surface area contributed by atoms with Gasteiger partial charge >= 0.3 is 0 Å². The number of nitrogens with one attached hydrogen (secondary N) is 2. The number of aromatic nitrogens is 4. The molecule has 3 rings (SSSR count). The number of hydrogen-bond donors (Lipinski definition) is 2. The van der Waals surface area contributed by atoms with Gasteiger partial charge < -0.3 is 15.2 Å². The van der Waals surface area contributed by atoms with Crippen LogP contribution in [0.4, 0.5) is 0 Å². The van der Waals surface area contributed by atoms with Gasteiger partial charge in [0.25, 0.3) is 0 Å². The first-order valence-corrected chi connectivity index (χ1v) is 9.98. The summed E-state index contributed by atoms with van der Waals surface area (Å²) in [5.41, 5.74) is 0. The first kappa shape index (κ1) is 17.8. The van der Waals surface area contributed by atoms with Crippen molar-refractivity contribution < 1.29 is 0 Å². The molecule has 0 bridgehead atoms. The fourth-order valence-electron chi connectivity index (χ4n) is 2.91. The second kappa shape index (κ2) is 8.94. The highest BCUT2D eigenvalue weighted by molar-refractivity contribution is 7.11. The Kier molecular flexibility index (Phi) is 6.38. The SMILES string of the molecule is CCNC(=NCc1nnc2n1CCCCC2)NCc1ncc(CC)s1. The number of thiazole rings is 1. The molecular formula is C17H27N7S. The maximum absolute atomic E-state index is 4.68. The van der Waals surface area contributed by atoms with E-state index in [0.717, 1.165) is 48.5 Å². The smallest absolute Gasteiger partial charge is 0.192 e. The normalized spacial score (nSPS) is 14.9. The van der Waals surface area contributed by atoms with Gasteiger partial charge in [0.15, 0.2) is 11.8 Å². The molecule has 1 aliphatic rings. The van der Waals surface area contributed by atoms with E-state index in [9.17, 15) is 0 Å². The lowest BCUT2D eigenvalue weighted by Gasteiger charge is -2.10. The van der Waals surface area contributed by atoms with Crippen molar-refractivity contribution in [3.63, 3.8) is 0 Å². The minimum atomic E-state index is 0.542. The fourth-order valence-corrected chi connectivity index (χ4v) is 3.71. The molecule has 0 aromatic carbocycles. The minimum Gasteiger partial charge on any atom is -0.357 e. The maximum Gasteiger partial charge on any atom is 0.192 e. The lowest BCUT2D eigenvalue weighted by Crippen LogP contribution is -2.36. The van der Waals surface area contributed by atoms with E-state index >= 15 is 0 Å². The molecule has 0 spiro atoms. The van der Waals surface area contributed by atoms with Crippen LogP contribution in [-0.2, 0) is 32.5 Å². The van der Waals surface area contributed by atoms with E-state index < -0.39 is 0 Å². The first-order valence-electron chi connectivity index (χ1n) is 9.16. The Morgan fingerprint density at radius 1 is 1.24 bits per heavy atom. The van der Waals surface area contributed by atoms with E-state index in [4.69, 9.17) is 0 Å². The predicted molar refractivity (Wildman–Crippen MR) is 101 cm³/mol. The summed E-state index contributed by atoms with van der Waals surface area (Å²) in [4.78, 5) is 10.4. The number of hydrogen-bond acceptors (Lipinski definition) is 5. The van der Waals surface area contributed by atoms with Crippen molar-refractivity contribution in [3.8, 4) is 0 Å². The van der Waals surface area contributed by atoms with E-state index in [2.05, 4.69) is 49.2 Å². The molecule has 3 heterocycles. The third kappa shape index (κ3) is 4.78. The highest BCUT2D eigenvalue weighted by atomic mass is 32.1. The summed E-state index contributed by atoms with van der Waals surface area (Å²) in [7, 11) is 0. The molecule has 0 unspecified atom stereocenters. The molecule has 7 nitrogen and oxygen atoms in total. The van der Waals surface area contributed by atoms with Crippen LogP contribution in [0.3, 0.4) is 0 Å². The Labute approximate surface area is 153 Å². The third-order valence-corrected chi connectivity index (χ3v) is 5.41. The summed E-state index contributed by atoms with van der Waals surface area (Å²) in [6.45, 7) is 7.28. The van der Waals surface area contributed by atoms with Crippen LogP contribution in [0.1, 0.15) is 54.6 Å². The van der Waals surface area contributed by atoms with Gasteiger partial charge in [-0.2, -0.15) is 0 Å². The molecule has 2 aromatic rings. The maximum atomic E-state index is 4.68. The molecule has 0 saturated heterocycles. The van der Waals surface area contributed by atoms with E-state index in [1.165, 1.54) is 24.1 Å². The predicted octanol–water partition coefficient (Wildman–Crippen LogP) is 2.28. The summed E-state index contributed by atoms with van der Waals surface area (Å²) in [5.74, 6) is 2.86. The highest BCUT2D eigenvalue weighted by Gasteiger charge is 2.14. The van der Waals surface area contributed by atoms with Gasteiger partial charge in [-0.15, -0.1) is 21.5 Å². The van der Waals surface area contributed by atoms with Gasteiger partial charge in [0.2, 0.25) is 0 Å². The molecule has 0 fully saturated rings. The lowest BCUT2D eigenvalue weighted by molar-refractivity contribution is 0.605. The Bertz CT molecular complexity index is 704. The fraction of sp³-hybridized carbons (Fsp3) is 0.647. The summed E-state index contributed by atoms with van der Waals surface area (Å²) in [6.07, 6.45) is 7.69. The number of rotatable bonds is 6. The standard InChI is InChI=1S/C17H27N7S/c1-3-13-10-19-16(25-13)12-21-17(18-4-2)20-11-15-23-22-14-8-6-5-7-9-24(14)15/h10H,3-9,11-12H2,1-2H3,(H2,18,20,21). The Hall–Kier alpha value is -1.96. The van der Waals surface area contributed by atoms with Crippen LogP contribution in [-0.4, -0.2) is 32.3 Å². The average Bonchev–Trinajstić information content (AvgIpc) is 3.18. The van der Waals surface area contributed by atoms with Gasteiger partial charge in [-0.25, -0.2) is 9.98 Å². The molecule has 0 saturated carbocycles. The zero-order valence-corrected chi connectivity index (χ0v) is 15.9. The largest absolute Gasteiger partial charge is 0.357 e. The molecule has 0 radical (unpaired) electrons. The minimum absolute atomic E-state index is 0.542. The molecule has 0 aliphatic carbocycles. The molecule has 2 N–H and O–H groups in total. The summed E-state index contributed by atoms with van der Waals surface area (Å²) in [6, 6.07) is 0. The van der Waals surface area contributed by atoms with Gasteiger partial charge in [0.1, 0.15) is 17.4 Å². The summed E-state index contributed by atoms with van der Waals surface area (Å²) in [5, 5.41) is 16.4. The first-order chi connectivity index (χ1) is 12.3. The number of fused-ring (bicyclic) bond motifs is 1. The van der Waals surface area contributed by atoms with Crippen molar-refractivity contribution in [2.45, 2.75) is 65.6 Å². The van der Waals surface area contributed by atoms with Crippen molar-refractivity contribution in [2.75, 3.05) is 6.54 Å². The summed E-state index contributed by atoms with van der Waals surface area (Å²) >= 11 is 1.75. The van der Waals surface area contributed by atoms with Crippen LogP contribution in [0, 0.1) is 0 Å². The molecule has 25 heavy (non-hydrogen) atoms. The van der Waals surface area contributed by atoms with Crippen LogP contribution in [0.2, 0.25) is 0 Å². The molecule has 136 valence electrons. The zero-order chi connectivity index (χ0) is 17.5. The van der Waals surface area contributed by atoms with Crippen molar-refractivity contribution in [1.82, 2.24) is 30.4 Å². The number of guanidine groups is 1. The van der Waals surface area contributed by atoms with Crippen LogP contribution in [0.25, 0.3) is 0 Å². The molecule has 0 amide bonds. The van der Waals surface area contributed by atoms with Crippen molar-refractivity contribution in [1.29, 1.82) is 0 Å². The molecular weight excluding hydrogens is 334 g/mol. The van der Waals surface area contributed by atoms with E-state index in [-0.39, 0.29) is 0 Å². The van der Waals surface area contributed by atoms with Crippen LogP contribution in [0.15, 0.2) is 11.2 Å². The Morgan fingerprint density at radius 3 is 2.96 bits per heavy atom. The topological polar surface area (TPSA) is 80.0 Å². The van der Waals surface area contributed by atoms with E-state index in [1.807, 2.05) is 6.20 Å². The molecule has 2 aromatic heterocycles. The van der Waals surface area contributed by atoms with Crippen molar-refractivity contribution in [3.05, 3.63) is 27.7 Å². The second-order valence-corrected chi connectivity index (χ2v) is 7.32. The zero-order valence-electron chi connectivity index (χ0n) is 15.1. The van der Waals surface area contributed by atoms with E-state index in [1.54, 1.807) is 11.3 Å². The van der Waals surface area contributed by atoms with Crippen LogP contribution < -0.4 is 10.6 Å². The van der Waals surface area contributed by atoms with Crippen molar-refractivity contribution in [2.24, 2.45) is 4.99 Å². The van der Waals surface area contributed by atoms with Gasteiger partial charge in [-0.1, -0.05) is 13.3 Å². The quantitative estimate of drug-likeness (QED) is 0.609. The van der Waals surface area contributed by atoms with Gasteiger partial charge in [-0.3, -0.25) is 0 Å². The number of aliphatic imine (C=N–C) groups is 1. The van der Waals surface area contributed by atoms with Crippen LogP contribution in [0.5, 0.6) is 0 Å². The van der Waals surface area contributed by atoms with E-state index in [0.29, 0.717) is 13.1 Å². The monoisotopic (exact) mass is 361 g/mol. The number of nitrogens with zero attached hydrogens (tertiary/aromatic N) is 5. The highest BCUT2D eigenvalue weighted by Crippen LogP contribution is 2.15. The third-order valence-electron chi connectivity index (χ3n) is 4.27.